The Hall–Kier alpha value is -2.08. The van der Waals surface area contributed by atoms with Gasteiger partial charge in [-0.05, 0) is 44.0 Å². The number of fused-ring (bicyclic) bond motifs is 1. The van der Waals surface area contributed by atoms with E-state index in [4.69, 9.17) is 9.47 Å². The van der Waals surface area contributed by atoms with E-state index in [9.17, 15) is 9.59 Å². The van der Waals surface area contributed by atoms with E-state index in [1.807, 2.05) is 26.0 Å². The van der Waals surface area contributed by atoms with Gasteiger partial charge in [-0.2, -0.15) is 0 Å². The lowest BCUT2D eigenvalue weighted by molar-refractivity contribution is -0.145. The first-order valence-electron chi connectivity index (χ1n) is 8.00. The van der Waals surface area contributed by atoms with Crippen LogP contribution in [0.15, 0.2) is 18.2 Å². The highest BCUT2D eigenvalue weighted by Gasteiger charge is 2.26. The first kappa shape index (κ1) is 15.8. The van der Waals surface area contributed by atoms with Gasteiger partial charge in [0.2, 0.25) is 5.91 Å². The van der Waals surface area contributed by atoms with Crippen molar-refractivity contribution in [3.63, 3.8) is 0 Å². The van der Waals surface area contributed by atoms with Crippen LogP contribution in [-0.4, -0.2) is 48.6 Å². The summed E-state index contributed by atoms with van der Waals surface area (Å²) in [4.78, 5) is 25.4. The molecule has 124 valence electrons. The second-order valence-corrected chi connectivity index (χ2v) is 6.21. The third-order valence-electron chi connectivity index (χ3n) is 4.11. The number of aryl methyl sites for hydroxylation is 1. The van der Waals surface area contributed by atoms with Crippen LogP contribution in [-0.2, 0) is 20.7 Å². The Labute approximate surface area is 135 Å². The van der Waals surface area contributed by atoms with E-state index in [0.29, 0.717) is 31.7 Å². The van der Waals surface area contributed by atoms with Crippen LogP contribution in [0.5, 0.6) is 5.75 Å². The molecule has 0 bridgehead atoms. The van der Waals surface area contributed by atoms with Crippen molar-refractivity contribution >= 4 is 17.5 Å². The molecule has 2 amide bonds. The highest BCUT2D eigenvalue weighted by atomic mass is 16.5. The van der Waals surface area contributed by atoms with Gasteiger partial charge in [0.15, 0.2) is 6.61 Å². The van der Waals surface area contributed by atoms with Gasteiger partial charge in [0.1, 0.15) is 5.75 Å². The standard InChI is InChI=1S/C17H22N2O4/c1-11-8-19(9-12(2)23-11)17(21)10-22-14-4-5-15-13(7-14)3-6-16(20)18-15/h4-5,7,11-12H,3,6,8-10H2,1-2H3,(H,18,20)/t11-,12+. The first-order valence-corrected chi connectivity index (χ1v) is 8.00. The lowest BCUT2D eigenvalue weighted by Gasteiger charge is -2.35. The number of amides is 2. The van der Waals surface area contributed by atoms with Crippen LogP contribution in [0.2, 0.25) is 0 Å². The molecule has 2 aliphatic rings. The van der Waals surface area contributed by atoms with Gasteiger partial charge < -0.3 is 19.7 Å². The lowest BCUT2D eigenvalue weighted by Crippen LogP contribution is -2.49. The summed E-state index contributed by atoms with van der Waals surface area (Å²) in [5.41, 5.74) is 1.87. The third-order valence-corrected chi connectivity index (χ3v) is 4.11. The van der Waals surface area contributed by atoms with Crippen molar-refractivity contribution in [2.75, 3.05) is 25.0 Å². The summed E-state index contributed by atoms with van der Waals surface area (Å²) in [6, 6.07) is 5.50. The molecule has 6 heteroatoms. The fourth-order valence-electron chi connectivity index (χ4n) is 3.07. The van der Waals surface area contributed by atoms with Gasteiger partial charge in [0.25, 0.3) is 5.91 Å². The number of hydrogen-bond acceptors (Lipinski definition) is 4. The van der Waals surface area contributed by atoms with Crippen LogP contribution in [0.4, 0.5) is 5.69 Å². The molecule has 0 saturated carbocycles. The Bertz CT molecular complexity index is 607. The maximum atomic E-state index is 12.3. The molecule has 3 rings (SSSR count). The largest absolute Gasteiger partial charge is 0.484 e. The first-order chi connectivity index (χ1) is 11.0. The van der Waals surface area contributed by atoms with E-state index in [1.54, 1.807) is 11.0 Å². The molecule has 2 atom stereocenters. The topological polar surface area (TPSA) is 67.9 Å². The van der Waals surface area contributed by atoms with Crippen LogP contribution in [0.1, 0.15) is 25.8 Å². The Morgan fingerprint density at radius 3 is 2.78 bits per heavy atom. The van der Waals surface area contributed by atoms with Crippen LogP contribution in [0.3, 0.4) is 0 Å². The molecule has 0 aromatic heterocycles. The minimum absolute atomic E-state index is 0.0184. The van der Waals surface area contributed by atoms with Gasteiger partial charge in [-0.1, -0.05) is 0 Å². The average molecular weight is 318 g/mol. The zero-order valence-electron chi connectivity index (χ0n) is 13.5. The minimum Gasteiger partial charge on any atom is -0.484 e. The highest BCUT2D eigenvalue weighted by molar-refractivity contribution is 5.94. The molecule has 0 unspecified atom stereocenters. The number of morpholine rings is 1. The molecule has 1 fully saturated rings. The minimum atomic E-state index is -0.0296. The maximum Gasteiger partial charge on any atom is 0.260 e. The van der Waals surface area contributed by atoms with E-state index in [1.165, 1.54) is 0 Å². The van der Waals surface area contributed by atoms with Crippen molar-refractivity contribution < 1.29 is 19.1 Å². The zero-order chi connectivity index (χ0) is 16.4. The van der Waals surface area contributed by atoms with E-state index >= 15 is 0 Å². The van der Waals surface area contributed by atoms with Crippen LogP contribution >= 0.6 is 0 Å². The van der Waals surface area contributed by atoms with Crippen molar-refractivity contribution in [3.8, 4) is 5.75 Å². The van der Waals surface area contributed by atoms with E-state index in [-0.39, 0.29) is 30.6 Å². The summed E-state index contributed by atoms with van der Waals surface area (Å²) in [5.74, 6) is 0.664. The van der Waals surface area contributed by atoms with E-state index in [0.717, 1.165) is 11.3 Å². The molecular formula is C17H22N2O4. The number of carbonyl (C=O) groups excluding carboxylic acids is 2. The predicted octanol–water partition coefficient (Wildman–Crippen LogP) is 1.59. The monoisotopic (exact) mass is 318 g/mol. The molecule has 2 heterocycles. The molecule has 1 aromatic carbocycles. The maximum absolute atomic E-state index is 12.3. The fraction of sp³-hybridized carbons (Fsp3) is 0.529. The summed E-state index contributed by atoms with van der Waals surface area (Å²) in [7, 11) is 0. The van der Waals surface area contributed by atoms with Crippen molar-refractivity contribution in [2.24, 2.45) is 0 Å². The molecule has 2 aliphatic heterocycles. The Morgan fingerprint density at radius 2 is 2.04 bits per heavy atom. The number of nitrogens with zero attached hydrogens (tertiary/aromatic N) is 1. The van der Waals surface area contributed by atoms with Gasteiger partial charge in [-0.3, -0.25) is 9.59 Å². The molecule has 1 N–H and O–H groups in total. The predicted molar refractivity (Wildman–Crippen MR) is 85.5 cm³/mol. The highest BCUT2D eigenvalue weighted by Crippen LogP contribution is 2.26. The number of hydrogen-bond donors (Lipinski definition) is 1. The SMILES string of the molecule is C[C@@H]1CN(C(=O)COc2ccc3c(c2)CCC(=O)N3)C[C@H](C)O1. The molecule has 0 aliphatic carbocycles. The van der Waals surface area contributed by atoms with E-state index in [2.05, 4.69) is 5.32 Å². The Kier molecular flexibility index (Phi) is 4.52. The zero-order valence-corrected chi connectivity index (χ0v) is 13.5. The van der Waals surface area contributed by atoms with Crippen molar-refractivity contribution in [2.45, 2.75) is 38.9 Å². The van der Waals surface area contributed by atoms with Crippen molar-refractivity contribution in [1.29, 1.82) is 0 Å². The van der Waals surface area contributed by atoms with Crippen LogP contribution < -0.4 is 10.1 Å². The average Bonchev–Trinajstić information content (AvgIpc) is 2.51. The number of anilines is 1. The number of ether oxygens (including phenoxy) is 2. The molecule has 1 saturated heterocycles. The summed E-state index contributed by atoms with van der Waals surface area (Å²) in [5, 5.41) is 2.83. The Balaban J connectivity index is 1.58. The van der Waals surface area contributed by atoms with Crippen LogP contribution in [0, 0.1) is 0 Å². The van der Waals surface area contributed by atoms with Crippen molar-refractivity contribution in [1.82, 2.24) is 4.90 Å². The van der Waals surface area contributed by atoms with Gasteiger partial charge in [0, 0.05) is 25.2 Å². The normalized spacial score (nSPS) is 23.9. The molecule has 1 aromatic rings. The molecular weight excluding hydrogens is 296 g/mol. The van der Waals surface area contributed by atoms with Crippen LogP contribution in [0.25, 0.3) is 0 Å². The van der Waals surface area contributed by atoms with Gasteiger partial charge in [-0.15, -0.1) is 0 Å². The second kappa shape index (κ2) is 6.58. The molecule has 0 radical (unpaired) electrons. The number of nitrogens with one attached hydrogen (secondary N) is 1. The number of benzene rings is 1. The Morgan fingerprint density at radius 1 is 1.30 bits per heavy atom. The number of carbonyl (C=O) groups is 2. The summed E-state index contributed by atoms with van der Waals surface area (Å²) < 4.78 is 11.3. The van der Waals surface area contributed by atoms with Gasteiger partial charge in [-0.25, -0.2) is 0 Å². The fourth-order valence-corrected chi connectivity index (χ4v) is 3.07. The summed E-state index contributed by atoms with van der Waals surface area (Å²) >= 11 is 0. The lowest BCUT2D eigenvalue weighted by atomic mass is 10.0. The smallest absolute Gasteiger partial charge is 0.260 e. The molecule has 6 nitrogen and oxygen atoms in total. The quantitative estimate of drug-likeness (QED) is 0.919. The van der Waals surface area contributed by atoms with Gasteiger partial charge in [0.05, 0.1) is 12.2 Å². The molecule has 0 spiro atoms. The van der Waals surface area contributed by atoms with E-state index < -0.39 is 0 Å². The number of rotatable bonds is 3. The van der Waals surface area contributed by atoms with Gasteiger partial charge >= 0.3 is 0 Å². The summed E-state index contributed by atoms with van der Waals surface area (Å²) in [6.07, 6.45) is 1.29. The summed E-state index contributed by atoms with van der Waals surface area (Å²) in [6.45, 7) is 5.15. The molecule has 23 heavy (non-hydrogen) atoms. The second-order valence-electron chi connectivity index (χ2n) is 6.21. The van der Waals surface area contributed by atoms with Crippen molar-refractivity contribution in [3.05, 3.63) is 23.8 Å². The third kappa shape index (κ3) is 3.82.